The number of para-hydroxylation sites is 1. The smallest absolute Gasteiger partial charge is 0.256 e. The minimum atomic E-state index is -0.187. The second-order valence-corrected chi connectivity index (χ2v) is 7.11. The predicted molar refractivity (Wildman–Crippen MR) is 101 cm³/mol. The molecule has 2 amide bonds. The molecule has 0 bridgehead atoms. The zero-order valence-electron chi connectivity index (χ0n) is 14.3. The number of thiophene rings is 1. The van der Waals surface area contributed by atoms with E-state index in [2.05, 4.69) is 10.6 Å². The summed E-state index contributed by atoms with van der Waals surface area (Å²) < 4.78 is 0. The third-order valence-electron chi connectivity index (χ3n) is 4.49. The van der Waals surface area contributed by atoms with E-state index in [0.29, 0.717) is 22.7 Å². The molecule has 1 aromatic heterocycles. The molecule has 2 aromatic rings. The molecule has 5 nitrogen and oxygen atoms in total. The zero-order valence-corrected chi connectivity index (χ0v) is 15.1. The second kappa shape index (κ2) is 8.27. The van der Waals surface area contributed by atoms with Crippen LogP contribution in [0, 0.1) is 5.92 Å². The number of likely N-dealkylation sites (tertiary alicyclic amines) is 1. The summed E-state index contributed by atoms with van der Waals surface area (Å²) in [6, 6.07) is 9.01. The highest BCUT2D eigenvalue weighted by molar-refractivity contribution is 7.08. The van der Waals surface area contributed by atoms with E-state index in [9.17, 15) is 9.59 Å². The van der Waals surface area contributed by atoms with Gasteiger partial charge in [0.2, 0.25) is 0 Å². The SMILES string of the molecule is CNCC1CCCN(C(=O)c2ccccc2NC(=O)c2ccsc2)C1. The predicted octanol–water partition coefficient (Wildman–Crippen LogP) is 3.07. The molecule has 1 atom stereocenters. The van der Waals surface area contributed by atoms with Crippen LogP contribution in [0.3, 0.4) is 0 Å². The lowest BCUT2D eigenvalue weighted by Crippen LogP contribution is -2.42. The van der Waals surface area contributed by atoms with E-state index < -0.39 is 0 Å². The summed E-state index contributed by atoms with van der Waals surface area (Å²) in [6.45, 7) is 2.44. The number of carbonyl (C=O) groups excluding carboxylic acids is 2. The summed E-state index contributed by atoms with van der Waals surface area (Å²) in [6.07, 6.45) is 2.16. The van der Waals surface area contributed by atoms with Gasteiger partial charge >= 0.3 is 0 Å². The third-order valence-corrected chi connectivity index (χ3v) is 5.17. The van der Waals surface area contributed by atoms with Crippen LogP contribution in [0.2, 0.25) is 0 Å². The Morgan fingerprint density at radius 3 is 2.88 bits per heavy atom. The topological polar surface area (TPSA) is 61.4 Å². The lowest BCUT2D eigenvalue weighted by Gasteiger charge is -2.33. The van der Waals surface area contributed by atoms with Crippen molar-refractivity contribution in [1.82, 2.24) is 10.2 Å². The first-order valence-electron chi connectivity index (χ1n) is 8.55. The molecule has 1 fully saturated rings. The number of rotatable bonds is 5. The Balaban J connectivity index is 1.75. The molecule has 0 spiro atoms. The molecule has 25 heavy (non-hydrogen) atoms. The second-order valence-electron chi connectivity index (χ2n) is 6.33. The van der Waals surface area contributed by atoms with E-state index in [-0.39, 0.29) is 11.8 Å². The first-order chi connectivity index (χ1) is 12.2. The minimum Gasteiger partial charge on any atom is -0.338 e. The quantitative estimate of drug-likeness (QED) is 0.864. The molecule has 2 heterocycles. The number of nitrogens with one attached hydrogen (secondary N) is 2. The lowest BCUT2D eigenvalue weighted by atomic mass is 9.97. The summed E-state index contributed by atoms with van der Waals surface area (Å²) in [4.78, 5) is 27.2. The first kappa shape index (κ1) is 17.6. The van der Waals surface area contributed by atoms with Crippen LogP contribution < -0.4 is 10.6 Å². The molecule has 0 radical (unpaired) electrons. The number of carbonyl (C=O) groups is 2. The number of piperidine rings is 1. The Bertz CT molecular complexity index is 728. The highest BCUT2D eigenvalue weighted by atomic mass is 32.1. The molecule has 3 rings (SSSR count). The molecule has 132 valence electrons. The average molecular weight is 357 g/mol. The van der Waals surface area contributed by atoms with Gasteiger partial charge in [-0.25, -0.2) is 0 Å². The molecule has 1 saturated heterocycles. The molecule has 1 aliphatic heterocycles. The van der Waals surface area contributed by atoms with E-state index in [1.807, 2.05) is 29.5 Å². The molecule has 1 aromatic carbocycles. The number of nitrogens with zero attached hydrogens (tertiary/aromatic N) is 1. The van der Waals surface area contributed by atoms with Crippen LogP contribution in [0.15, 0.2) is 41.1 Å². The van der Waals surface area contributed by atoms with E-state index in [1.165, 1.54) is 11.3 Å². The zero-order chi connectivity index (χ0) is 17.6. The number of anilines is 1. The van der Waals surface area contributed by atoms with Crippen molar-refractivity contribution in [2.24, 2.45) is 5.92 Å². The van der Waals surface area contributed by atoms with Gasteiger partial charge in [0.1, 0.15) is 0 Å². The van der Waals surface area contributed by atoms with Gasteiger partial charge in [0.25, 0.3) is 11.8 Å². The highest BCUT2D eigenvalue weighted by Gasteiger charge is 2.25. The van der Waals surface area contributed by atoms with Gasteiger partial charge in [0, 0.05) is 18.5 Å². The number of amides is 2. The van der Waals surface area contributed by atoms with Gasteiger partial charge in [0.15, 0.2) is 0 Å². The van der Waals surface area contributed by atoms with Crippen molar-refractivity contribution in [1.29, 1.82) is 0 Å². The largest absolute Gasteiger partial charge is 0.338 e. The minimum absolute atomic E-state index is 0.0120. The molecule has 0 aliphatic carbocycles. The van der Waals surface area contributed by atoms with Crippen molar-refractivity contribution in [3.8, 4) is 0 Å². The molecule has 1 aliphatic rings. The Kier molecular flexibility index (Phi) is 5.83. The van der Waals surface area contributed by atoms with Crippen LogP contribution in [0.4, 0.5) is 5.69 Å². The molecular weight excluding hydrogens is 334 g/mol. The van der Waals surface area contributed by atoms with Crippen LogP contribution in [-0.4, -0.2) is 43.4 Å². The molecule has 0 saturated carbocycles. The van der Waals surface area contributed by atoms with E-state index in [0.717, 1.165) is 32.5 Å². The van der Waals surface area contributed by atoms with Gasteiger partial charge in [-0.1, -0.05) is 12.1 Å². The Hall–Kier alpha value is -2.18. The van der Waals surface area contributed by atoms with Gasteiger partial charge in [0.05, 0.1) is 16.8 Å². The Morgan fingerprint density at radius 2 is 2.12 bits per heavy atom. The third kappa shape index (κ3) is 4.27. The van der Waals surface area contributed by atoms with Crippen molar-refractivity contribution in [3.05, 3.63) is 52.2 Å². The standard InChI is InChI=1S/C19H23N3O2S/c1-20-11-14-5-4-9-22(12-14)19(24)16-6-2-3-7-17(16)21-18(23)15-8-10-25-13-15/h2-3,6-8,10,13-14,20H,4-5,9,11-12H2,1H3,(H,21,23). The number of benzene rings is 1. The monoisotopic (exact) mass is 357 g/mol. The normalized spacial score (nSPS) is 17.3. The van der Waals surface area contributed by atoms with Crippen LogP contribution in [0.25, 0.3) is 0 Å². The first-order valence-corrected chi connectivity index (χ1v) is 9.49. The van der Waals surface area contributed by atoms with Crippen LogP contribution in [0.5, 0.6) is 0 Å². The Labute approximate surface area is 152 Å². The summed E-state index contributed by atoms with van der Waals surface area (Å²) in [5.41, 5.74) is 1.73. The van der Waals surface area contributed by atoms with Crippen LogP contribution in [0.1, 0.15) is 33.6 Å². The van der Waals surface area contributed by atoms with Gasteiger partial charge in [-0.2, -0.15) is 11.3 Å². The summed E-state index contributed by atoms with van der Waals surface area (Å²) in [7, 11) is 1.94. The van der Waals surface area contributed by atoms with Crippen LogP contribution >= 0.6 is 11.3 Å². The average Bonchev–Trinajstić information content (AvgIpc) is 3.17. The van der Waals surface area contributed by atoms with Crippen LogP contribution in [-0.2, 0) is 0 Å². The van der Waals surface area contributed by atoms with Crippen molar-refractivity contribution in [3.63, 3.8) is 0 Å². The number of hydrogen-bond acceptors (Lipinski definition) is 4. The van der Waals surface area contributed by atoms with Gasteiger partial charge < -0.3 is 15.5 Å². The summed E-state index contributed by atoms with van der Waals surface area (Å²) in [5, 5.41) is 9.73. The fourth-order valence-electron chi connectivity index (χ4n) is 3.24. The summed E-state index contributed by atoms with van der Waals surface area (Å²) in [5.74, 6) is 0.283. The fraction of sp³-hybridized carbons (Fsp3) is 0.368. The molecule has 6 heteroatoms. The van der Waals surface area contributed by atoms with Crippen molar-refractivity contribution >= 4 is 28.8 Å². The molecule has 1 unspecified atom stereocenters. The molecular formula is C19H23N3O2S. The van der Waals surface area contributed by atoms with E-state index in [4.69, 9.17) is 0 Å². The lowest BCUT2D eigenvalue weighted by molar-refractivity contribution is 0.0675. The summed E-state index contributed by atoms with van der Waals surface area (Å²) >= 11 is 1.47. The van der Waals surface area contributed by atoms with Crippen molar-refractivity contribution in [2.45, 2.75) is 12.8 Å². The number of hydrogen-bond donors (Lipinski definition) is 2. The highest BCUT2D eigenvalue weighted by Crippen LogP contribution is 2.23. The van der Waals surface area contributed by atoms with Gasteiger partial charge in [-0.05, 0) is 55.9 Å². The maximum atomic E-state index is 13.0. The van der Waals surface area contributed by atoms with E-state index >= 15 is 0 Å². The van der Waals surface area contributed by atoms with Crippen molar-refractivity contribution < 1.29 is 9.59 Å². The van der Waals surface area contributed by atoms with Gasteiger partial charge in [-0.3, -0.25) is 9.59 Å². The van der Waals surface area contributed by atoms with Crippen molar-refractivity contribution in [2.75, 3.05) is 32.0 Å². The maximum Gasteiger partial charge on any atom is 0.256 e. The fourth-order valence-corrected chi connectivity index (χ4v) is 3.88. The maximum absolute atomic E-state index is 13.0. The van der Waals surface area contributed by atoms with E-state index in [1.54, 1.807) is 23.6 Å². The Morgan fingerprint density at radius 1 is 1.28 bits per heavy atom. The molecule has 2 N–H and O–H groups in total. The van der Waals surface area contributed by atoms with Gasteiger partial charge in [-0.15, -0.1) is 0 Å².